The van der Waals surface area contributed by atoms with E-state index in [2.05, 4.69) is 13.5 Å². The molecule has 0 aliphatic heterocycles. The summed E-state index contributed by atoms with van der Waals surface area (Å²) < 4.78 is 0. The van der Waals surface area contributed by atoms with Crippen LogP contribution in [0, 0.1) is 0 Å². The molecule has 0 aliphatic rings. The second-order valence-corrected chi connectivity index (χ2v) is 3.13. The molecule has 0 rings (SSSR count). The topological polar surface area (TPSA) is 0 Å². The van der Waals surface area contributed by atoms with Crippen molar-refractivity contribution in [3.63, 3.8) is 0 Å². The van der Waals surface area contributed by atoms with Crippen molar-refractivity contribution in [2.24, 2.45) is 0 Å². The van der Waals surface area contributed by atoms with Gasteiger partial charge in [-0.1, -0.05) is 31.9 Å². The molecule has 2 heteroatoms. The molecule has 0 saturated heterocycles. The van der Waals surface area contributed by atoms with E-state index in [1.54, 1.807) is 0 Å². The third kappa shape index (κ3) is 25.2. The van der Waals surface area contributed by atoms with Crippen molar-refractivity contribution in [3.8, 4) is 0 Å². The lowest BCUT2D eigenvalue weighted by molar-refractivity contribution is 0.776. The second-order valence-electron chi connectivity index (χ2n) is 2.49. The maximum atomic E-state index is 5.38. The zero-order chi connectivity index (χ0) is 9.11. The Hall–Kier alpha value is 0.320. The number of hydrogen-bond acceptors (Lipinski definition) is 0. The van der Waals surface area contributed by atoms with Gasteiger partial charge in [0.05, 0.1) is 0 Å². The SMILES string of the molecule is C=C(C)CCl.CCCCCCl. The second kappa shape index (κ2) is 12.9. The van der Waals surface area contributed by atoms with Crippen molar-refractivity contribution < 1.29 is 0 Å². The van der Waals surface area contributed by atoms with Crippen molar-refractivity contribution in [2.75, 3.05) is 11.8 Å². The third-order valence-corrected chi connectivity index (χ3v) is 1.69. The lowest BCUT2D eigenvalue weighted by Crippen LogP contribution is -1.70. The first-order valence-electron chi connectivity index (χ1n) is 3.95. The van der Waals surface area contributed by atoms with Crippen LogP contribution in [0.1, 0.15) is 33.1 Å². The molecule has 0 saturated carbocycles. The van der Waals surface area contributed by atoms with E-state index in [0.717, 1.165) is 11.5 Å². The Labute approximate surface area is 80.6 Å². The number of hydrogen-bond donors (Lipinski definition) is 0. The van der Waals surface area contributed by atoms with Gasteiger partial charge in [0, 0.05) is 11.8 Å². The van der Waals surface area contributed by atoms with Crippen LogP contribution in [0.5, 0.6) is 0 Å². The predicted octanol–water partition coefficient (Wildman–Crippen LogP) is 4.22. The molecule has 0 aliphatic carbocycles. The van der Waals surface area contributed by atoms with Gasteiger partial charge in [-0.2, -0.15) is 0 Å². The Kier molecular flexibility index (Phi) is 16.3. The van der Waals surface area contributed by atoms with E-state index >= 15 is 0 Å². The van der Waals surface area contributed by atoms with Gasteiger partial charge in [0.1, 0.15) is 0 Å². The number of allylic oxidation sites excluding steroid dienone is 1. The van der Waals surface area contributed by atoms with E-state index in [4.69, 9.17) is 23.2 Å². The summed E-state index contributed by atoms with van der Waals surface area (Å²) in [5.74, 6) is 1.41. The van der Waals surface area contributed by atoms with Crippen LogP contribution in [0.3, 0.4) is 0 Å². The smallest absolute Gasteiger partial charge is 0.0428 e. The summed E-state index contributed by atoms with van der Waals surface area (Å²) in [6, 6.07) is 0. The molecule has 0 amide bonds. The Morgan fingerprint density at radius 2 is 1.73 bits per heavy atom. The first-order chi connectivity index (χ1) is 5.18. The number of rotatable bonds is 4. The number of halogens is 2. The van der Waals surface area contributed by atoms with E-state index in [-0.39, 0.29) is 0 Å². The van der Waals surface area contributed by atoms with E-state index in [1.807, 2.05) is 6.92 Å². The van der Waals surface area contributed by atoms with Crippen LogP contribution in [-0.4, -0.2) is 11.8 Å². The fraction of sp³-hybridized carbons (Fsp3) is 0.778. The first-order valence-corrected chi connectivity index (χ1v) is 5.02. The van der Waals surface area contributed by atoms with Crippen LogP contribution in [0.4, 0.5) is 0 Å². The highest BCUT2D eigenvalue weighted by Crippen LogP contribution is 1.93. The van der Waals surface area contributed by atoms with Gasteiger partial charge in [0.25, 0.3) is 0 Å². The molecule has 0 nitrogen and oxygen atoms in total. The van der Waals surface area contributed by atoms with Crippen molar-refractivity contribution in [2.45, 2.75) is 33.1 Å². The minimum absolute atomic E-state index is 0.583. The van der Waals surface area contributed by atoms with Crippen molar-refractivity contribution in [1.29, 1.82) is 0 Å². The Morgan fingerprint density at radius 3 is 1.82 bits per heavy atom. The van der Waals surface area contributed by atoms with Crippen LogP contribution in [0.2, 0.25) is 0 Å². The molecule has 0 spiro atoms. The quantitative estimate of drug-likeness (QED) is 0.359. The van der Waals surface area contributed by atoms with Crippen molar-refractivity contribution in [3.05, 3.63) is 12.2 Å². The van der Waals surface area contributed by atoms with Crippen LogP contribution >= 0.6 is 23.2 Å². The highest BCUT2D eigenvalue weighted by Gasteiger charge is 1.76. The van der Waals surface area contributed by atoms with E-state index in [0.29, 0.717) is 5.88 Å². The molecular weight excluding hydrogens is 179 g/mol. The van der Waals surface area contributed by atoms with Crippen LogP contribution in [0.15, 0.2) is 12.2 Å². The molecule has 0 aromatic rings. The minimum atomic E-state index is 0.583. The lowest BCUT2D eigenvalue weighted by Gasteiger charge is -1.84. The van der Waals surface area contributed by atoms with Crippen molar-refractivity contribution >= 4 is 23.2 Å². The normalized spacial score (nSPS) is 8.36. The highest BCUT2D eigenvalue weighted by molar-refractivity contribution is 6.19. The van der Waals surface area contributed by atoms with Gasteiger partial charge in [-0.05, 0) is 13.3 Å². The van der Waals surface area contributed by atoms with Crippen LogP contribution < -0.4 is 0 Å². The molecule has 0 radical (unpaired) electrons. The molecule has 0 bridgehead atoms. The minimum Gasteiger partial charge on any atom is -0.127 e. The molecule has 0 atom stereocenters. The summed E-state index contributed by atoms with van der Waals surface area (Å²) in [6.07, 6.45) is 3.73. The van der Waals surface area contributed by atoms with Gasteiger partial charge in [-0.3, -0.25) is 0 Å². The van der Waals surface area contributed by atoms with E-state index < -0.39 is 0 Å². The van der Waals surface area contributed by atoms with Gasteiger partial charge in [-0.25, -0.2) is 0 Å². The molecule has 0 N–H and O–H groups in total. The van der Waals surface area contributed by atoms with Crippen LogP contribution in [-0.2, 0) is 0 Å². The van der Waals surface area contributed by atoms with Crippen LogP contribution in [0.25, 0.3) is 0 Å². The maximum absolute atomic E-state index is 5.38. The summed E-state index contributed by atoms with van der Waals surface area (Å²) in [5.41, 5.74) is 1.02. The summed E-state index contributed by atoms with van der Waals surface area (Å²) in [6.45, 7) is 7.61. The first kappa shape index (κ1) is 13.9. The molecular formula is C9H18Cl2. The predicted molar refractivity (Wildman–Crippen MR) is 55.8 cm³/mol. The molecule has 68 valence electrons. The van der Waals surface area contributed by atoms with Gasteiger partial charge < -0.3 is 0 Å². The lowest BCUT2D eigenvalue weighted by atomic mass is 10.3. The zero-order valence-electron chi connectivity index (χ0n) is 7.50. The average Bonchev–Trinajstić information content (AvgIpc) is 2.02. The van der Waals surface area contributed by atoms with E-state index in [9.17, 15) is 0 Å². The summed E-state index contributed by atoms with van der Waals surface area (Å²) >= 11 is 10.6. The Bertz CT molecular complexity index is 75.6. The van der Waals surface area contributed by atoms with Gasteiger partial charge in [-0.15, -0.1) is 23.2 Å². The Morgan fingerprint density at radius 1 is 1.27 bits per heavy atom. The molecule has 0 aromatic carbocycles. The fourth-order valence-electron chi connectivity index (χ4n) is 0.344. The monoisotopic (exact) mass is 196 g/mol. The highest BCUT2D eigenvalue weighted by atomic mass is 35.5. The number of alkyl halides is 2. The number of unbranched alkanes of at least 4 members (excludes halogenated alkanes) is 2. The average molecular weight is 197 g/mol. The fourth-order valence-corrected chi connectivity index (χ4v) is 0.533. The van der Waals surface area contributed by atoms with Gasteiger partial charge in [0.2, 0.25) is 0 Å². The molecule has 0 unspecified atom stereocenters. The molecule has 11 heavy (non-hydrogen) atoms. The molecule has 0 aromatic heterocycles. The van der Waals surface area contributed by atoms with E-state index in [1.165, 1.54) is 19.3 Å². The largest absolute Gasteiger partial charge is 0.127 e. The summed E-state index contributed by atoms with van der Waals surface area (Å²) in [5, 5.41) is 0. The summed E-state index contributed by atoms with van der Waals surface area (Å²) in [7, 11) is 0. The Balaban J connectivity index is 0. The van der Waals surface area contributed by atoms with Gasteiger partial charge in [0.15, 0.2) is 0 Å². The molecule has 0 fully saturated rings. The third-order valence-electron chi connectivity index (χ3n) is 0.965. The standard InChI is InChI=1S/C5H11Cl.C4H7Cl/c1-2-3-4-5-6;1-4(2)3-5/h2-5H2,1H3;1,3H2,2H3. The van der Waals surface area contributed by atoms with Gasteiger partial charge >= 0.3 is 0 Å². The summed E-state index contributed by atoms with van der Waals surface area (Å²) in [4.78, 5) is 0. The maximum Gasteiger partial charge on any atom is 0.0428 e. The van der Waals surface area contributed by atoms with Crippen molar-refractivity contribution in [1.82, 2.24) is 0 Å². The molecule has 0 heterocycles. The zero-order valence-corrected chi connectivity index (χ0v) is 9.01.